The molecule has 4 aromatic rings. The lowest BCUT2D eigenvalue weighted by Crippen LogP contribution is -2.53. The molecule has 3 heterocycles. The number of carbonyl (C=O) groups excluding carboxylic acids is 2. The average Bonchev–Trinajstić information content (AvgIpc) is 3.42. The van der Waals surface area contributed by atoms with Crippen LogP contribution in [0.1, 0.15) is 29.5 Å². The van der Waals surface area contributed by atoms with Gasteiger partial charge in [0.1, 0.15) is 17.2 Å². The van der Waals surface area contributed by atoms with Crippen LogP contribution in [0.5, 0.6) is 17.2 Å². The number of nitrogens with zero attached hydrogens (tertiary/aromatic N) is 4. The summed E-state index contributed by atoms with van der Waals surface area (Å²) >= 11 is 12.5. The molecule has 260 valence electrons. The monoisotopic (exact) mass is 731 g/mol. The van der Waals surface area contributed by atoms with E-state index in [4.69, 9.17) is 27.9 Å². The molecule has 3 aromatic carbocycles. The number of alkyl halides is 3. The van der Waals surface area contributed by atoms with Gasteiger partial charge < -0.3 is 14.6 Å². The van der Waals surface area contributed by atoms with Crippen LogP contribution < -0.4 is 26.3 Å². The fraction of sp³-hybridized carbons (Fsp3) is 0.273. The molecule has 50 heavy (non-hydrogen) atoms. The molecule has 0 spiro atoms. The van der Waals surface area contributed by atoms with E-state index in [1.165, 1.54) is 41.7 Å². The molecule has 2 fully saturated rings. The number of aromatic hydroxyl groups is 1. The van der Waals surface area contributed by atoms with Crippen LogP contribution in [0.25, 0.3) is 0 Å². The number of nitrogens with one attached hydrogen (secondary N) is 1. The number of methoxy groups -OCH3 is 1. The Bertz CT molecular complexity index is 2230. The second kappa shape index (κ2) is 11.7. The minimum atomic E-state index is -5.10. The first-order chi connectivity index (χ1) is 23.7. The van der Waals surface area contributed by atoms with Gasteiger partial charge in [0.15, 0.2) is 0 Å². The number of amides is 2. The number of halogens is 5. The van der Waals surface area contributed by atoms with Crippen molar-refractivity contribution in [1.29, 1.82) is 0 Å². The number of hydrazine groups is 1. The minimum absolute atomic E-state index is 0.0777. The molecule has 17 heteroatoms. The SMILES string of the molecule is COc1ccc([C@@]23C(=O)N(Nc4ccc(Cl)cc4Cl)C(=O)[C@@H]2C[C@@H]2C(=CCn4c(=O)n(C)c(=O)n42)[C@@H]3c2cc(OC(F)(F)F)ccc2O)cc1. The van der Waals surface area contributed by atoms with E-state index in [0.29, 0.717) is 11.3 Å². The van der Waals surface area contributed by atoms with Gasteiger partial charge in [-0.2, -0.15) is 5.01 Å². The van der Waals surface area contributed by atoms with Crippen LogP contribution in [-0.2, 0) is 28.6 Å². The van der Waals surface area contributed by atoms with Gasteiger partial charge in [-0.05, 0) is 66.1 Å². The van der Waals surface area contributed by atoms with Crippen molar-refractivity contribution >= 4 is 40.7 Å². The van der Waals surface area contributed by atoms with E-state index in [2.05, 4.69) is 10.2 Å². The van der Waals surface area contributed by atoms with Crippen molar-refractivity contribution in [2.75, 3.05) is 12.5 Å². The Morgan fingerprint density at radius 3 is 2.32 bits per heavy atom. The molecule has 12 nitrogen and oxygen atoms in total. The van der Waals surface area contributed by atoms with Crippen LogP contribution in [0.15, 0.2) is 81.9 Å². The summed E-state index contributed by atoms with van der Waals surface area (Å²) in [5, 5.41) is 12.5. The van der Waals surface area contributed by atoms with Crippen LogP contribution in [-0.4, -0.2) is 49.3 Å². The number of phenols is 1. The Morgan fingerprint density at radius 2 is 1.66 bits per heavy atom. The van der Waals surface area contributed by atoms with E-state index in [1.54, 1.807) is 30.3 Å². The molecule has 7 rings (SSSR count). The van der Waals surface area contributed by atoms with Crippen LogP contribution in [0, 0.1) is 5.92 Å². The number of rotatable bonds is 6. The van der Waals surface area contributed by atoms with E-state index in [0.717, 1.165) is 27.8 Å². The topological polar surface area (TPSA) is 137 Å². The predicted octanol–water partition coefficient (Wildman–Crippen LogP) is 4.89. The third-order valence-electron chi connectivity index (χ3n) is 9.58. The molecule has 1 aromatic heterocycles. The Morgan fingerprint density at radius 1 is 0.960 bits per heavy atom. The lowest BCUT2D eigenvalue weighted by atomic mass is 9.53. The third kappa shape index (κ3) is 4.97. The molecule has 0 bridgehead atoms. The number of benzene rings is 3. The normalized spacial score (nSPS) is 22.8. The summed E-state index contributed by atoms with van der Waals surface area (Å²) in [4.78, 5) is 56.3. The quantitative estimate of drug-likeness (QED) is 0.212. The first kappa shape index (κ1) is 33.4. The molecule has 4 atom stereocenters. The molecule has 3 aliphatic rings. The third-order valence-corrected chi connectivity index (χ3v) is 10.1. The molecule has 0 radical (unpaired) electrons. The van der Waals surface area contributed by atoms with Gasteiger partial charge in [0, 0.05) is 23.6 Å². The van der Waals surface area contributed by atoms with Gasteiger partial charge in [-0.3, -0.25) is 15.0 Å². The molecular weight excluding hydrogens is 706 g/mol. The first-order valence-electron chi connectivity index (χ1n) is 15.1. The zero-order valence-electron chi connectivity index (χ0n) is 26.1. The van der Waals surface area contributed by atoms with Gasteiger partial charge in [-0.25, -0.2) is 23.5 Å². The number of fused-ring (bicyclic) bond motifs is 4. The number of ether oxygens (including phenoxy) is 2. The minimum Gasteiger partial charge on any atom is -0.508 e. The fourth-order valence-electron chi connectivity index (χ4n) is 7.52. The van der Waals surface area contributed by atoms with Crippen LogP contribution in [0.2, 0.25) is 10.0 Å². The highest BCUT2D eigenvalue weighted by Crippen LogP contribution is 2.63. The summed E-state index contributed by atoms with van der Waals surface area (Å²) in [6.45, 7) is -0.148. The van der Waals surface area contributed by atoms with Crippen molar-refractivity contribution < 1.29 is 37.3 Å². The number of allylic oxidation sites excluding steroid dienone is 2. The molecule has 0 unspecified atom stereocenters. The van der Waals surface area contributed by atoms with E-state index in [9.17, 15) is 32.7 Å². The summed E-state index contributed by atoms with van der Waals surface area (Å²) in [5.74, 6) is -5.06. The molecule has 1 saturated carbocycles. The van der Waals surface area contributed by atoms with E-state index < -0.39 is 64.3 Å². The van der Waals surface area contributed by atoms with Crippen molar-refractivity contribution in [3.05, 3.63) is 114 Å². The largest absolute Gasteiger partial charge is 0.573 e. The summed E-state index contributed by atoms with van der Waals surface area (Å²) in [6.07, 6.45) is -3.69. The van der Waals surface area contributed by atoms with Crippen LogP contribution in [0.4, 0.5) is 18.9 Å². The number of aromatic nitrogens is 3. The maximum Gasteiger partial charge on any atom is 0.573 e. The smallest absolute Gasteiger partial charge is 0.508 e. The number of hydrogen-bond acceptors (Lipinski definition) is 8. The van der Waals surface area contributed by atoms with Gasteiger partial charge >= 0.3 is 17.7 Å². The van der Waals surface area contributed by atoms with Gasteiger partial charge in [-0.1, -0.05) is 41.4 Å². The highest BCUT2D eigenvalue weighted by atomic mass is 35.5. The van der Waals surface area contributed by atoms with E-state index in [-0.39, 0.29) is 39.8 Å². The zero-order chi connectivity index (χ0) is 35.9. The fourth-order valence-corrected chi connectivity index (χ4v) is 7.97. The number of anilines is 1. The number of phenolic OH excluding ortho intramolecular Hbond substituents is 1. The first-order valence-corrected chi connectivity index (χ1v) is 15.8. The highest BCUT2D eigenvalue weighted by molar-refractivity contribution is 6.36. The van der Waals surface area contributed by atoms with Crippen LogP contribution >= 0.6 is 23.2 Å². The zero-order valence-corrected chi connectivity index (χ0v) is 27.6. The number of imide groups is 1. The van der Waals surface area contributed by atoms with Gasteiger partial charge in [0.05, 0.1) is 41.7 Å². The van der Waals surface area contributed by atoms with E-state index >= 15 is 4.79 Å². The predicted molar refractivity (Wildman–Crippen MR) is 173 cm³/mol. The van der Waals surface area contributed by atoms with Crippen molar-refractivity contribution in [3.8, 4) is 17.2 Å². The Hall–Kier alpha value is -5.15. The summed E-state index contributed by atoms with van der Waals surface area (Å²) < 4.78 is 53.2. The Balaban J connectivity index is 1.52. The second-order valence-electron chi connectivity index (χ2n) is 12.1. The molecule has 1 aliphatic carbocycles. The standard InChI is InChI=1S/C33H26Cl2F3N5O7/c1-40-30(47)41-12-11-20-25(43(41)31(40)48)15-22-28(45)42(39-24-9-5-17(34)13-23(24)35)29(46)32(22,16-3-6-18(49-2)7-4-16)27(20)21-14-19(8-10-26(21)44)50-33(36,37)38/h3-11,13-14,22,25,27,39,44H,12,15H2,1-2H3/t22-,25+,27+,32+/m0/s1. The molecule has 2 N–H and O–H groups in total. The number of carbonyl (C=O) groups is 2. The van der Waals surface area contributed by atoms with Crippen molar-refractivity contribution in [1.82, 2.24) is 18.9 Å². The maximum atomic E-state index is 15.2. The molecular formula is C33H26Cl2F3N5O7. The van der Waals surface area contributed by atoms with Crippen molar-refractivity contribution in [2.24, 2.45) is 13.0 Å². The average molecular weight is 732 g/mol. The lowest BCUT2D eigenvalue weighted by molar-refractivity contribution is -0.274. The van der Waals surface area contributed by atoms with Crippen LogP contribution in [0.3, 0.4) is 0 Å². The Labute approximate surface area is 290 Å². The Kier molecular flexibility index (Phi) is 7.82. The maximum absolute atomic E-state index is 15.2. The molecule has 2 amide bonds. The number of hydrogen-bond donors (Lipinski definition) is 2. The van der Waals surface area contributed by atoms with Gasteiger partial charge in [0.25, 0.3) is 11.8 Å². The summed E-state index contributed by atoms with van der Waals surface area (Å²) in [7, 11) is 2.73. The van der Waals surface area contributed by atoms with E-state index in [1.807, 2.05) is 0 Å². The summed E-state index contributed by atoms with van der Waals surface area (Å²) in [6, 6.07) is 12.4. The highest BCUT2D eigenvalue weighted by Gasteiger charge is 2.69. The lowest BCUT2D eigenvalue weighted by Gasteiger charge is -2.49. The van der Waals surface area contributed by atoms with Gasteiger partial charge in [-0.15, -0.1) is 13.2 Å². The molecule has 2 aliphatic heterocycles. The molecule has 1 saturated heterocycles. The summed E-state index contributed by atoms with van der Waals surface area (Å²) in [5.41, 5.74) is 0.0626. The van der Waals surface area contributed by atoms with Crippen molar-refractivity contribution in [3.63, 3.8) is 0 Å². The van der Waals surface area contributed by atoms with Crippen molar-refractivity contribution in [2.45, 2.75) is 36.7 Å². The van der Waals surface area contributed by atoms with Gasteiger partial charge in [0.2, 0.25) is 0 Å². The second-order valence-corrected chi connectivity index (χ2v) is 12.9.